The van der Waals surface area contributed by atoms with Gasteiger partial charge >= 0.3 is 6.09 Å². The molecule has 5 heteroatoms. The normalized spacial score (nSPS) is 10.4. The standard InChI is InChI=1S/C20H17BrN2O2/c1-13-19(23-20(24)25-2)17(14-6-4-3-5-7-14)12-18(22-13)15-8-10-16(21)11-9-15/h3-12H,1-2H3,(H,23,24). The summed E-state index contributed by atoms with van der Waals surface area (Å²) in [5.41, 5.74) is 5.13. The quantitative estimate of drug-likeness (QED) is 0.620. The molecular weight excluding hydrogens is 380 g/mol. The lowest BCUT2D eigenvalue weighted by Crippen LogP contribution is -2.13. The van der Waals surface area contributed by atoms with Gasteiger partial charge in [0, 0.05) is 15.6 Å². The van der Waals surface area contributed by atoms with Crippen LogP contribution in [0.25, 0.3) is 22.4 Å². The second-order valence-electron chi connectivity index (χ2n) is 5.50. The summed E-state index contributed by atoms with van der Waals surface area (Å²) in [4.78, 5) is 16.4. The lowest BCUT2D eigenvalue weighted by atomic mass is 10.00. The van der Waals surface area contributed by atoms with Gasteiger partial charge in [0.05, 0.1) is 24.2 Å². The Kier molecular flexibility index (Phi) is 5.14. The second-order valence-corrected chi connectivity index (χ2v) is 6.42. The molecule has 0 saturated heterocycles. The molecule has 1 aromatic heterocycles. The number of nitrogens with zero attached hydrogens (tertiary/aromatic N) is 1. The molecule has 1 heterocycles. The van der Waals surface area contributed by atoms with Gasteiger partial charge in [-0.1, -0.05) is 58.4 Å². The molecule has 0 bridgehead atoms. The maximum atomic E-state index is 11.7. The van der Waals surface area contributed by atoms with Gasteiger partial charge in [-0.25, -0.2) is 4.79 Å². The topological polar surface area (TPSA) is 51.2 Å². The minimum atomic E-state index is -0.515. The SMILES string of the molecule is COC(=O)Nc1c(-c2ccccc2)cc(-c2ccc(Br)cc2)nc1C. The van der Waals surface area contributed by atoms with Crippen LogP contribution in [0.1, 0.15) is 5.69 Å². The number of amides is 1. The van der Waals surface area contributed by atoms with Crippen LogP contribution >= 0.6 is 15.9 Å². The van der Waals surface area contributed by atoms with Crippen molar-refractivity contribution in [2.45, 2.75) is 6.92 Å². The Morgan fingerprint density at radius 2 is 1.72 bits per heavy atom. The summed E-state index contributed by atoms with van der Waals surface area (Å²) in [6, 6.07) is 19.9. The molecule has 1 amide bonds. The summed E-state index contributed by atoms with van der Waals surface area (Å²) >= 11 is 3.45. The molecule has 0 aliphatic carbocycles. The molecule has 0 aliphatic rings. The van der Waals surface area contributed by atoms with E-state index in [-0.39, 0.29) is 0 Å². The van der Waals surface area contributed by atoms with Crippen molar-refractivity contribution < 1.29 is 9.53 Å². The molecular formula is C20H17BrN2O2. The van der Waals surface area contributed by atoms with Crippen molar-refractivity contribution in [3.8, 4) is 22.4 Å². The molecule has 2 aromatic carbocycles. The smallest absolute Gasteiger partial charge is 0.411 e. The summed E-state index contributed by atoms with van der Waals surface area (Å²) in [6.45, 7) is 1.88. The summed E-state index contributed by atoms with van der Waals surface area (Å²) in [6.07, 6.45) is -0.515. The number of pyridine rings is 1. The fourth-order valence-corrected chi connectivity index (χ4v) is 2.86. The van der Waals surface area contributed by atoms with Crippen LogP contribution in [0.5, 0.6) is 0 Å². The van der Waals surface area contributed by atoms with Gasteiger partial charge in [0.1, 0.15) is 0 Å². The van der Waals surface area contributed by atoms with Crippen LogP contribution in [0, 0.1) is 6.92 Å². The zero-order valence-corrected chi connectivity index (χ0v) is 15.5. The number of aryl methyl sites for hydroxylation is 1. The lowest BCUT2D eigenvalue weighted by Gasteiger charge is -2.15. The molecule has 0 saturated carbocycles. The predicted octanol–water partition coefficient (Wildman–Crippen LogP) is 5.66. The number of anilines is 1. The van der Waals surface area contributed by atoms with E-state index in [4.69, 9.17) is 4.74 Å². The maximum Gasteiger partial charge on any atom is 0.411 e. The third-order valence-corrected chi connectivity index (χ3v) is 4.37. The fraction of sp³-hybridized carbons (Fsp3) is 0.100. The van der Waals surface area contributed by atoms with E-state index in [1.165, 1.54) is 7.11 Å². The number of methoxy groups -OCH3 is 1. The van der Waals surface area contributed by atoms with Gasteiger partial charge in [-0.3, -0.25) is 10.3 Å². The van der Waals surface area contributed by atoms with Gasteiger partial charge in [0.25, 0.3) is 0 Å². The number of hydrogen-bond acceptors (Lipinski definition) is 3. The van der Waals surface area contributed by atoms with Gasteiger partial charge in [-0.05, 0) is 30.7 Å². The van der Waals surface area contributed by atoms with E-state index < -0.39 is 6.09 Å². The highest BCUT2D eigenvalue weighted by atomic mass is 79.9. The van der Waals surface area contributed by atoms with Crippen LogP contribution in [0.2, 0.25) is 0 Å². The van der Waals surface area contributed by atoms with E-state index in [1.807, 2.05) is 67.6 Å². The summed E-state index contributed by atoms with van der Waals surface area (Å²) in [5.74, 6) is 0. The number of rotatable bonds is 3. The zero-order chi connectivity index (χ0) is 17.8. The number of halogens is 1. The number of carbonyl (C=O) groups excluding carboxylic acids is 1. The average Bonchev–Trinajstić information content (AvgIpc) is 2.64. The first-order valence-corrected chi connectivity index (χ1v) is 8.56. The molecule has 0 unspecified atom stereocenters. The van der Waals surface area contributed by atoms with E-state index in [9.17, 15) is 4.79 Å². The van der Waals surface area contributed by atoms with Crippen LogP contribution in [0.4, 0.5) is 10.5 Å². The highest BCUT2D eigenvalue weighted by Gasteiger charge is 2.15. The first kappa shape index (κ1) is 17.2. The van der Waals surface area contributed by atoms with Gasteiger partial charge in [-0.2, -0.15) is 0 Å². The Bertz CT molecular complexity index is 894. The van der Waals surface area contributed by atoms with Crippen molar-refractivity contribution in [3.63, 3.8) is 0 Å². The number of nitrogens with one attached hydrogen (secondary N) is 1. The molecule has 0 atom stereocenters. The second kappa shape index (κ2) is 7.49. The molecule has 126 valence electrons. The van der Waals surface area contributed by atoms with Gasteiger partial charge in [0.15, 0.2) is 0 Å². The highest BCUT2D eigenvalue weighted by Crippen LogP contribution is 2.34. The van der Waals surface area contributed by atoms with Crippen molar-refractivity contribution in [1.29, 1.82) is 0 Å². The summed E-state index contributed by atoms with van der Waals surface area (Å²) in [7, 11) is 1.34. The third kappa shape index (κ3) is 3.88. The molecule has 3 rings (SSSR count). The van der Waals surface area contributed by atoms with E-state index >= 15 is 0 Å². The van der Waals surface area contributed by atoms with Crippen LogP contribution in [0.15, 0.2) is 65.1 Å². The Hall–Kier alpha value is -2.66. The number of hydrogen-bond donors (Lipinski definition) is 1. The predicted molar refractivity (Wildman–Crippen MR) is 104 cm³/mol. The van der Waals surface area contributed by atoms with Crippen LogP contribution in [0.3, 0.4) is 0 Å². The van der Waals surface area contributed by atoms with Crippen LogP contribution in [-0.2, 0) is 4.74 Å². The molecule has 0 aliphatic heterocycles. The number of benzene rings is 2. The van der Waals surface area contributed by atoms with Crippen LogP contribution in [-0.4, -0.2) is 18.2 Å². The van der Waals surface area contributed by atoms with E-state index in [0.717, 1.165) is 32.6 Å². The molecule has 0 spiro atoms. The molecule has 0 fully saturated rings. The monoisotopic (exact) mass is 396 g/mol. The van der Waals surface area contributed by atoms with Crippen molar-refractivity contribution in [1.82, 2.24) is 4.98 Å². The van der Waals surface area contributed by atoms with Crippen molar-refractivity contribution in [2.24, 2.45) is 0 Å². The highest BCUT2D eigenvalue weighted by molar-refractivity contribution is 9.10. The van der Waals surface area contributed by atoms with Crippen molar-refractivity contribution in [3.05, 3.63) is 70.8 Å². The zero-order valence-electron chi connectivity index (χ0n) is 13.9. The minimum Gasteiger partial charge on any atom is -0.453 e. The van der Waals surface area contributed by atoms with Crippen LogP contribution < -0.4 is 5.32 Å². The number of aromatic nitrogens is 1. The molecule has 1 N–H and O–H groups in total. The molecule has 3 aromatic rings. The Morgan fingerprint density at radius 1 is 1.04 bits per heavy atom. The van der Waals surface area contributed by atoms with E-state index in [1.54, 1.807) is 0 Å². The Balaban J connectivity index is 2.16. The van der Waals surface area contributed by atoms with Crippen molar-refractivity contribution in [2.75, 3.05) is 12.4 Å². The summed E-state index contributed by atoms with van der Waals surface area (Å²) < 4.78 is 5.76. The van der Waals surface area contributed by atoms with E-state index in [0.29, 0.717) is 5.69 Å². The Morgan fingerprint density at radius 3 is 2.36 bits per heavy atom. The third-order valence-electron chi connectivity index (χ3n) is 3.84. The average molecular weight is 397 g/mol. The largest absolute Gasteiger partial charge is 0.453 e. The van der Waals surface area contributed by atoms with Gasteiger partial charge < -0.3 is 4.74 Å². The van der Waals surface area contributed by atoms with Crippen molar-refractivity contribution >= 4 is 27.7 Å². The van der Waals surface area contributed by atoms with Gasteiger partial charge in [0.2, 0.25) is 0 Å². The van der Waals surface area contributed by atoms with E-state index in [2.05, 4.69) is 26.2 Å². The first-order valence-electron chi connectivity index (χ1n) is 7.76. The number of carbonyl (C=O) groups is 1. The number of ether oxygens (including phenoxy) is 1. The molecule has 0 radical (unpaired) electrons. The molecule has 25 heavy (non-hydrogen) atoms. The fourth-order valence-electron chi connectivity index (χ4n) is 2.60. The summed E-state index contributed by atoms with van der Waals surface area (Å²) in [5, 5.41) is 2.78. The maximum absolute atomic E-state index is 11.7. The lowest BCUT2D eigenvalue weighted by molar-refractivity contribution is 0.187. The van der Waals surface area contributed by atoms with Gasteiger partial charge in [-0.15, -0.1) is 0 Å². The first-order chi connectivity index (χ1) is 12.1. The minimum absolute atomic E-state index is 0.515. The Labute approximate surface area is 155 Å². The molecule has 4 nitrogen and oxygen atoms in total.